The van der Waals surface area contributed by atoms with Gasteiger partial charge in [-0.3, -0.25) is 14.5 Å². The largest absolute Gasteiger partial charge is 0.450 e. The lowest BCUT2D eigenvalue weighted by Gasteiger charge is -2.36. The van der Waals surface area contributed by atoms with Crippen molar-refractivity contribution >= 4 is 23.7 Å². The molecular formula is C20H24N4O6. The third kappa shape index (κ3) is 2.73. The lowest BCUT2D eigenvalue weighted by atomic mass is 9.76. The summed E-state index contributed by atoms with van der Waals surface area (Å²) in [6.07, 6.45) is 3.03. The van der Waals surface area contributed by atoms with Crippen molar-refractivity contribution in [2.75, 3.05) is 44.2 Å². The first kappa shape index (κ1) is 19.1. The molecule has 4 aliphatic heterocycles. The summed E-state index contributed by atoms with van der Waals surface area (Å²) in [5.41, 5.74) is -0.804. The Bertz CT molecular complexity index is 920. The molecule has 0 N–H and O–H groups in total. The predicted octanol–water partition coefficient (Wildman–Crippen LogP) is 0.570. The van der Waals surface area contributed by atoms with Crippen molar-refractivity contribution in [3.05, 3.63) is 24.0 Å². The van der Waals surface area contributed by atoms with Gasteiger partial charge in [-0.05, 0) is 13.8 Å². The molecule has 0 radical (unpaired) electrons. The maximum atomic E-state index is 13.4. The first-order valence-corrected chi connectivity index (χ1v) is 10.3. The summed E-state index contributed by atoms with van der Waals surface area (Å²) in [4.78, 5) is 43.5. The smallest absolute Gasteiger partial charge is 0.409 e. The highest BCUT2D eigenvalue weighted by molar-refractivity contribution is 6.02. The number of rotatable bonds is 3. The van der Waals surface area contributed by atoms with Crippen LogP contribution in [0.3, 0.4) is 0 Å². The molecule has 0 unspecified atom stereocenters. The van der Waals surface area contributed by atoms with E-state index in [1.807, 2.05) is 12.2 Å². The van der Waals surface area contributed by atoms with Crippen molar-refractivity contribution in [2.45, 2.75) is 25.6 Å². The van der Waals surface area contributed by atoms with Gasteiger partial charge in [0.15, 0.2) is 5.82 Å². The van der Waals surface area contributed by atoms with Crippen molar-refractivity contribution in [3.8, 4) is 0 Å². The van der Waals surface area contributed by atoms with Crippen molar-refractivity contribution < 1.29 is 28.4 Å². The number of anilines is 1. The van der Waals surface area contributed by atoms with Crippen LogP contribution in [0.5, 0.6) is 0 Å². The molecule has 5 rings (SSSR count). The molecule has 4 atom stereocenters. The highest BCUT2D eigenvalue weighted by atomic mass is 16.6. The van der Waals surface area contributed by atoms with Crippen LogP contribution in [0.4, 0.5) is 10.6 Å². The van der Waals surface area contributed by atoms with Gasteiger partial charge in [-0.2, -0.15) is 0 Å². The van der Waals surface area contributed by atoms with Gasteiger partial charge in [0.05, 0.1) is 31.1 Å². The molecule has 3 fully saturated rings. The van der Waals surface area contributed by atoms with Crippen molar-refractivity contribution in [1.29, 1.82) is 0 Å². The number of amides is 3. The Kier molecular flexibility index (Phi) is 4.35. The van der Waals surface area contributed by atoms with E-state index < -0.39 is 23.5 Å². The fourth-order valence-electron chi connectivity index (χ4n) is 4.99. The normalized spacial score (nSPS) is 32.1. The SMILES string of the molecule is CCOC(=O)N1CCN(C(=O)[C@H]2[C@H]3C(=O)N(c4cc(C)on4)C[C@]34C=C[C@H]2O4)CC1. The molecule has 3 amide bonds. The maximum absolute atomic E-state index is 13.4. The molecule has 10 heteroatoms. The Morgan fingerprint density at radius 3 is 2.67 bits per heavy atom. The molecule has 0 aliphatic carbocycles. The number of aromatic nitrogens is 1. The molecule has 4 aliphatic rings. The Labute approximate surface area is 173 Å². The maximum Gasteiger partial charge on any atom is 0.409 e. The number of hydrogen-bond donors (Lipinski definition) is 0. The van der Waals surface area contributed by atoms with E-state index in [4.69, 9.17) is 14.0 Å². The number of carbonyl (C=O) groups is 3. The lowest BCUT2D eigenvalue weighted by Crippen LogP contribution is -2.54. The Morgan fingerprint density at radius 1 is 1.27 bits per heavy atom. The van der Waals surface area contributed by atoms with Crippen LogP contribution < -0.4 is 4.90 Å². The standard InChI is InChI=1S/C20H24N4O6/c1-3-28-19(27)23-8-6-22(7-9-23)17(25)15-13-4-5-20(29-13)11-24(18(26)16(15)20)14-10-12(2)30-21-14/h4-5,10,13,15-16H,3,6-9,11H2,1-2H3/t13-,15-,16+,20-/m1/s1. The summed E-state index contributed by atoms with van der Waals surface area (Å²) >= 11 is 0. The molecule has 0 aromatic carbocycles. The molecule has 10 nitrogen and oxygen atoms in total. The number of fused-ring (bicyclic) bond motifs is 1. The van der Waals surface area contributed by atoms with E-state index >= 15 is 0 Å². The number of nitrogens with zero attached hydrogens (tertiary/aromatic N) is 4. The average Bonchev–Trinajstić information content (AvgIpc) is 3.49. The van der Waals surface area contributed by atoms with Gasteiger partial charge in [-0.15, -0.1) is 0 Å². The number of carbonyl (C=O) groups excluding carboxylic acids is 3. The zero-order valence-corrected chi connectivity index (χ0v) is 16.9. The quantitative estimate of drug-likeness (QED) is 0.664. The van der Waals surface area contributed by atoms with E-state index in [1.54, 1.807) is 34.6 Å². The summed E-state index contributed by atoms with van der Waals surface area (Å²) < 4.78 is 16.3. The van der Waals surface area contributed by atoms with E-state index in [0.29, 0.717) is 50.9 Å². The van der Waals surface area contributed by atoms with Gasteiger partial charge in [0.25, 0.3) is 0 Å². The van der Waals surface area contributed by atoms with E-state index in [2.05, 4.69) is 5.16 Å². The minimum absolute atomic E-state index is 0.105. The lowest BCUT2D eigenvalue weighted by molar-refractivity contribution is -0.141. The van der Waals surface area contributed by atoms with Crippen LogP contribution in [0, 0.1) is 18.8 Å². The summed E-state index contributed by atoms with van der Waals surface area (Å²) in [7, 11) is 0. The summed E-state index contributed by atoms with van der Waals surface area (Å²) in [5.74, 6) is -0.379. The van der Waals surface area contributed by atoms with E-state index in [0.717, 1.165) is 0 Å². The number of hydrogen-bond acceptors (Lipinski definition) is 7. The van der Waals surface area contributed by atoms with E-state index in [9.17, 15) is 14.4 Å². The molecule has 0 saturated carbocycles. The van der Waals surface area contributed by atoms with Gasteiger partial charge >= 0.3 is 6.09 Å². The topological polar surface area (TPSA) is 105 Å². The van der Waals surface area contributed by atoms with Gasteiger partial charge in [-0.1, -0.05) is 17.3 Å². The second kappa shape index (κ2) is 6.83. The number of aryl methyl sites for hydroxylation is 1. The first-order chi connectivity index (χ1) is 14.4. The van der Waals surface area contributed by atoms with Gasteiger partial charge in [0.2, 0.25) is 11.8 Å². The first-order valence-electron chi connectivity index (χ1n) is 10.3. The molecule has 1 spiro atoms. The highest BCUT2D eigenvalue weighted by Gasteiger charge is 2.67. The van der Waals surface area contributed by atoms with Crippen molar-refractivity contribution in [3.63, 3.8) is 0 Å². The monoisotopic (exact) mass is 416 g/mol. The van der Waals surface area contributed by atoms with Crippen LogP contribution in [0.25, 0.3) is 0 Å². The highest BCUT2D eigenvalue weighted by Crippen LogP contribution is 2.53. The predicted molar refractivity (Wildman–Crippen MR) is 102 cm³/mol. The fourth-order valence-corrected chi connectivity index (χ4v) is 4.99. The van der Waals surface area contributed by atoms with Crippen LogP contribution >= 0.6 is 0 Å². The van der Waals surface area contributed by atoms with Crippen LogP contribution in [0.1, 0.15) is 12.7 Å². The van der Waals surface area contributed by atoms with Crippen molar-refractivity contribution in [2.24, 2.45) is 11.8 Å². The van der Waals surface area contributed by atoms with Gasteiger partial charge in [0.1, 0.15) is 11.4 Å². The van der Waals surface area contributed by atoms with E-state index in [-0.39, 0.29) is 17.9 Å². The summed E-state index contributed by atoms with van der Waals surface area (Å²) in [6.45, 7) is 5.79. The third-order valence-corrected chi connectivity index (χ3v) is 6.39. The molecular weight excluding hydrogens is 392 g/mol. The summed E-state index contributed by atoms with van der Waals surface area (Å²) in [5, 5.41) is 3.96. The molecule has 5 heterocycles. The zero-order valence-electron chi connectivity index (χ0n) is 16.9. The zero-order chi connectivity index (χ0) is 21.0. The van der Waals surface area contributed by atoms with E-state index in [1.165, 1.54) is 0 Å². The van der Waals surface area contributed by atoms with Crippen molar-refractivity contribution in [1.82, 2.24) is 15.0 Å². The Hall–Kier alpha value is -2.88. The van der Waals surface area contributed by atoms with Crippen LogP contribution in [0.15, 0.2) is 22.7 Å². The summed E-state index contributed by atoms with van der Waals surface area (Å²) in [6, 6.07) is 1.71. The van der Waals surface area contributed by atoms with Crippen LogP contribution in [0.2, 0.25) is 0 Å². The average molecular weight is 416 g/mol. The molecule has 2 bridgehead atoms. The molecule has 160 valence electrons. The number of ether oxygens (including phenoxy) is 2. The fraction of sp³-hybridized carbons (Fsp3) is 0.600. The Balaban J connectivity index is 1.32. The van der Waals surface area contributed by atoms with Gasteiger partial charge in [-0.25, -0.2) is 4.79 Å². The minimum Gasteiger partial charge on any atom is -0.450 e. The minimum atomic E-state index is -0.804. The van der Waals surface area contributed by atoms with Gasteiger partial charge < -0.3 is 23.8 Å². The molecule has 3 saturated heterocycles. The molecule has 1 aromatic rings. The third-order valence-electron chi connectivity index (χ3n) is 6.39. The second-order valence-corrected chi connectivity index (χ2v) is 8.13. The Morgan fingerprint density at radius 2 is 2.00 bits per heavy atom. The second-order valence-electron chi connectivity index (χ2n) is 8.13. The molecule has 30 heavy (non-hydrogen) atoms. The molecule has 1 aromatic heterocycles. The van der Waals surface area contributed by atoms with Crippen LogP contribution in [-0.2, 0) is 19.1 Å². The number of piperazine rings is 1. The van der Waals surface area contributed by atoms with Gasteiger partial charge in [0, 0.05) is 32.2 Å². The van der Waals surface area contributed by atoms with Crippen LogP contribution in [-0.4, -0.2) is 83.9 Å².